The lowest BCUT2D eigenvalue weighted by Crippen LogP contribution is -2.32. The van der Waals surface area contributed by atoms with E-state index in [1.54, 1.807) is 17.0 Å². The first kappa shape index (κ1) is 24.1. The minimum atomic E-state index is -3.41. The molecule has 154 valence electrons. The van der Waals surface area contributed by atoms with Crippen LogP contribution >= 0.6 is 12.4 Å². The lowest BCUT2D eigenvalue weighted by molar-refractivity contribution is 0.0742. The van der Waals surface area contributed by atoms with Crippen LogP contribution in [0.2, 0.25) is 0 Å². The van der Waals surface area contributed by atoms with Crippen LogP contribution in [0.1, 0.15) is 22.3 Å². The molecule has 28 heavy (non-hydrogen) atoms. The molecule has 0 unspecified atom stereocenters. The number of nitrogens with two attached hydrogens (primary N) is 1. The van der Waals surface area contributed by atoms with Crippen molar-refractivity contribution in [2.45, 2.75) is 17.9 Å². The Morgan fingerprint density at radius 2 is 1.71 bits per heavy atom. The van der Waals surface area contributed by atoms with Crippen molar-refractivity contribution in [1.29, 1.82) is 0 Å². The lowest BCUT2D eigenvalue weighted by atomic mass is 10.1. The van der Waals surface area contributed by atoms with Crippen molar-refractivity contribution in [2.24, 2.45) is 5.73 Å². The van der Waals surface area contributed by atoms with E-state index >= 15 is 0 Å². The molecule has 2 rings (SSSR count). The molecule has 0 aliphatic rings. The molecule has 0 atom stereocenters. The fraction of sp³-hybridized carbons (Fsp3) is 0.350. The second kappa shape index (κ2) is 11.8. The summed E-state index contributed by atoms with van der Waals surface area (Å²) in [5.41, 5.74) is 7.08. The largest absolute Gasteiger partial charge is 0.384 e. The molecule has 0 aliphatic heterocycles. The van der Waals surface area contributed by atoms with Gasteiger partial charge in [0.1, 0.15) is 0 Å². The minimum Gasteiger partial charge on any atom is -0.384 e. The molecule has 8 heteroatoms. The molecule has 0 spiro atoms. The van der Waals surface area contributed by atoms with E-state index in [1.807, 2.05) is 30.3 Å². The first-order valence-electron chi connectivity index (χ1n) is 8.83. The monoisotopic (exact) mass is 426 g/mol. The number of hydrogen-bond acceptors (Lipinski definition) is 5. The summed E-state index contributed by atoms with van der Waals surface area (Å²) in [6.45, 7) is 1.65. The molecule has 0 fully saturated rings. The zero-order valence-corrected chi connectivity index (χ0v) is 17.5. The number of rotatable bonds is 10. The molecule has 2 aromatic rings. The second-order valence-corrected chi connectivity index (χ2v) is 8.30. The number of ether oxygens (including phenoxy) is 1. The topological polar surface area (TPSA) is 89.7 Å². The van der Waals surface area contributed by atoms with Gasteiger partial charge in [-0.05, 0) is 42.8 Å². The molecule has 2 N–H and O–H groups in total. The Kier molecular flexibility index (Phi) is 10.2. The number of carbonyl (C=O) groups excluding carboxylic acids is 1. The third-order valence-corrected chi connectivity index (χ3v) is 5.85. The first-order chi connectivity index (χ1) is 13.0. The average Bonchev–Trinajstić information content (AvgIpc) is 2.70. The van der Waals surface area contributed by atoms with Gasteiger partial charge in [-0.15, -0.1) is 12.4 Å². The van der Waals surface area contributed by atoms with Crippen molar-refractivity contribution in [2.75, 3.05) is 32.6 Å². The van der Waals surface area contributed by atoms with Crippen LogP contribution in [0.15, 0.2) is 59.5 Å². The van der Waals surface area contributed by atoms with E-state index in [0.717, 1.165) is 5.56 Å². The van der Waals surface area contributed by atoms with Gasteiger partial charge in [-0.3, -0.25) is 4.79 Å². The number of benzene rings is 2. The van der Waals surface area contributed by atoms with Crippen LogP contribution in [0.25, 0.3) is 0 Å². The van der Waals surface area contributed by atoms with Crippen LogP contribution in [0.3, 0.4) is 0 Å². The van der Waals surface area contributed by atoms with Gasteiger partial charge in [0, 0.05) is 25.8 Å². The number of sulfone groups is 1. The Morgan fingerprint density at radius 1 is 1.07 bits per heavy atom. The average molecular weight is 427 g/mol. The zero-order chi connectivity index (χ0) is 19.7. The van der Waals surface area contributed by atoms with Crippen LogP contribution in [0.4, 0.5) is 0 Å². The van der Waals surface area contributed by atoms with Gasteiger partial charge in [-0.25, -0.2) is 8.42 Å². The predicted octanol–water partition coefficient (Wildman–Crippen LogP) is 2.52. The van der Waals surface area contributed by atoms with E-state index in [-0.39, 0.29) is 35.6 Å². The Balaban J connectivity index is 0.00000392. The van der Waals surface area contributed by atoms with Crippen molar-refractivity contribution in [1.82, 2.24) is 4.90 Å². The summed E-state index contributed by atoms with van der Waals surface area (Å²) in [5, 5.41) is 0. The Morgan fingerprint density at radius 3 is 2.29 bits per heavy atom. The first-order valence-corrected chi connectivity index (χ1v) is 10.5. The number of methoxy groups -OCH3 is 1. The van der Waals surface area contributed by atoms with Gasteiger partial charge < -0.3 is 15.4 Å². The Hall–Kier alpha value is -1.93. The minimum absolute atomic E-state index is 0. The van der Waals surface area contributed by atoms with E-state index < -0.39 is 9.84 Å². The zero-order valence-electron chi connectivity index (χ0n) is 15.9. The molecule has 0 aliphatic carbocycles. The number of amides is 1. The SMILES string of the molecule is COCCS(=O)(=O)c1ccc(C(=O)N(CCCN)Cc2ccccc2)cc1.Cl. The molecule has 0 saturated heterocycles. The molecule has 0 saturated carbocycles. The second-order valence-electron chi connectivity index (χ2n) is 6.19. The normalized spacial score (nSPS) is 10.9. The summed E-state index contributed by atoms with van der Waals surface area (Å²) in [7, 11) is -1.96. The Labute approximate surface area is 173 Å². The highest BCUT2D eigenvalue weighted by molar-refractivity contribution is 7.91. The number of hydrogen-bond donors (Lipinski definition) is 1. The van der Waals surface area contributed by atoms with E-state index in [2.05, 4.69) is 0 Å². The van der Waals surface area contributed by atoms with Crippen LogP contribution in [-0.4, -0.2) is 51.8 Å². The van der Waals surface area contributed by atoms with Crippen LogP contribution in [0, 0.1) is 0 Å². The molecule has 2 aromatic carbocycles. The fourth-order valence-electron chi connectivity index (χ4n) is 2.64. The standard InChI is InChI=1S/C20H26N2O4S.ClH/c1-26-14-15-27(24,25)19-10-8-18(9-11-19)20(23)22(13-5-12-21)16-17-6-3-2-4-7-17;/h2-4,6-11H,5,12-16,21H2,1H3;1H. The highest BCUT2D eigenvalue weighted by Crippen LogP contribution is 2.15. The smallest absolute Gasteiger partial charge is 0.254 e. The van der Waals surface area contributed by atoms with E-state index in [1.165, 1.54) is 19.2 Å². The van der Waals surface area contributed by atoms with Gasteiger partial charge in [0.05, 0.1) is 17.3 Å². The summed E-state index contributed by atoms with van der Waals surface area (Å²) in [5.74, 6) is -0.235. The van der Waals surface area contributed by atoms with Crippen molar-refractivity contribution >= 4 is 28.2 Å². The maximum atomic E-state index is 12.9. The maximum absolute atomic E-state index is 12.9. The molecule has 0 heterocycles. The molecular weight excluding hydrogens is 400 g/mol. The van der Waals surface area contributed by atoms with Gasteiger partial charge >= 0.3 is 0 Å². The van der Waals surface area contributed by atoms with Crippen LogP contribution in [-0.2, 0) is 21.1 Å². The highest BCUT2D eigenvalue weighted by atomic mass is 35.5. The predicted molar refractivity (Wildman–Crippen MR) is 112 cm³/mol. The van der Waals surface area contributed by atoms with E-state index in [4.69, 9.17) is 10.5 Å². The molecule has 0 bridgehead atoms. The maximum Gasteiger partial charge on any atom is 0.254 e. The molecule has 6 nitrogen and oxygen atoms in total. The molecule has 0 radical (unpaired) electrons. The van der Waals surface area contributed by atoms with Crippen molar-refractivity contribution < 1.29 is 17.9 Å². The third-order valence-electron chi connectivity index (χ3n) is 4.15. The summed E-state index contributed by atoms with van der Waals surface area (Å²) in [6, 6.07) is 15.8. The van der Waals surface area contributed by atoms with Crippen molar-refractivity contribution in [3.8, 4) is 0 Å². The number of halogens is 1. The fourth-order valence-corrected chi connectivity index (χ4v) is 3.81. The van der Waals surface area contributed by atoms with Crippen molar-refractivity contribution in [3.05, 3.63) is 65.7 Å². The van der Waals surface area contributed by atoms with Crippen LogP contribution in [0.5, 0.6) is 0 Å². The molecular formula is C20H27ClN2O4S. The quantitative estimate of drug-likeness (QED) is 0.630. The number of nitrogens with zero attached hydrogens (tertiary/aromatic N) is 1. The van der Waals surface area contributed by atoms with Crippen molar-refractivity contribution in [3.63, 3.8) is 0 Å². The summed E-state index contributed by atoms with van der Waals surface area (Å²) < 4.78 is 29.2. The highest BCUT2D eigenvalue weighted by Gasteiger charge is 2.18. The third kappa shape index (κ3) is 6.91. The number of carbonyl (C=O) groups is 1. The molecule has 0 aromatic heterocycles. The van der Waals surface area contributed by atoms with E-state index in [9.17, 15) is 13.2 Å². The van der Waals surface area contributed by atoms with Gasteiger partial charge in [-0.2, -0.15) is 0 Å². The van der Waals surface area contributed by atoms with E-state index in [0.29, 0.717) is 31.6 Å². The van der Waals surface area contributed by atoms with Crippen LogP contribution < -0.4 is 5.73 Å². The summed E-state index contributed by atoms with van der Waals surface area (Å²) in [4.78, 5) is 14.8. The van der Waals surface area contributed by atoms with Gasteiger partial charge in [0.25, 0.3) is 5.91 Å². The van der Waals surface area contributed by atoms with Gasteiger partial charge in [0.15, 0.2) is 9.84 Å². The lowest BCUT2D eigenvalue weighted by Gasteiger charge is -2.23. The summed E-state index contributed by atoms with van der Waals surface area (Å²) >= 11 is 0. The van der Waals surface area contributed by atoms with Gasteiger partial charge in [-0.1, -0.05) is 30.3 Å². The summed E-state index contributed by atoms with van der Waals surface area (Å²) in [6.07, 6.45) is 0.696. The Bertz CT molecular complexity index is 827. The van der Waals surface area contributed by atoms with Gasteiger partial charge in [0.2, 0.25) is 0 Å². The molecule has 1 amide bonds.